The summed E-state index contributed by atoms with van der Waals surface area (Å²) in [6, 6.07) is 8.74. The summed E-state index contributed by atoms with van der Waals surface area (Å²) in [4.78, 5) is 0. The molecule has 0 N–H and O–H groups in total. The lowest BCUT2D eigenvalue weighted by Crippen LogP contribution is -1.80. The van der Waals surface area contributed by atoms with E-state index in [0.717, 1.165) is 0 Å². The summed E-state index contributed by atoms with van der Waals surface area (Å²) in [6.07, 6.45) is 1.31. The molecule has 58 valence electrons. The van der Waals surface area contributed by atoms with Gasteiger partial charge in [0.2, 0.25) is 0 Å². The molecule has 0 fully saturated rings. The Hall–Kier alpha value is -0.480. The van der Waals surface area contributed by atoms with Gasteiger partial charge in [0.25, 0.3) is 0 Å². The molecule has 0 saturated heterocycles. The predicted octanol–water partition coefficient (Wildman–Crippen LogP) is 2.63. The zero-order valence-corrected chi connectivity index (χ0v) is 7.94. The van der Waals surface area contributed by atoms with Crippen molar-refractivity contribution in [2.45, 2.75) is 6.16 Å². The summed E-state index contributed by atoms with van der Waals surface area (Å²) in [5.41, 5.74) is 3.02. The largest absolute Gasteiger partial charge is 0.106 e. The smallest absolute Gasteiger partial charge is 0.00728 e. The molecule has 0 spiro atoms. The van der Waals surface area contributed by atoms with Crippen LogP contribution in [0.2, 0.25) is 0 Å². The Morgan fingerprint density at radius 1 is 1.18 bits per heavy atom. The first-order valence-electron chi connectivity index (χ1n) is 3.94. The Morgan fingerprint density at radius 2 is 1.91 bits per heavy atom. The Bertz CT molecular complexity index is 330. The van der Waals surface area contributed by atoms with Crippen molar-refractivity contribution < 1.29 is 0 Å². The molecule has 1 aromatic rings. The van der Waals surface area contributed by atoms with Crippen molar-refractivity contribution in [2.24, 2.45) is 0 Å². The normalized spacial score (nSPS) is 19.1. The molecule has 0 radical (unpaired) electrons. The van der Waals surface area contributed by atoms with E-state index in [4.69, 9.17) is 0 Å². The van der Waals surface area contributed by atoms with Gasteiger partial charge in [-0.3, -0.25) is 0 Å². The molecule has 2 rings (SSSR count). The highest BCUT2D eigenvalue weighted by Crippen LogP contribution is 2.47. The van der Waals surface area contributed by atoms with Gasteiger partial charge in [-0.05, 0) is 30.6 Å². The highest BCUT2D eigenvalue weighted by molar-refractivity contribution is 7.73. The van der Waals surface area contributed by atoms with E-state index in [9.17, 15) is 0 Å². The van der Waals surface area contributed by atoms with E-state index < -0.39 is 6.89 Å². The lowest BCUT2D eigenvalue weighted by Gasteiger charge is -2.05. The highest BCUT2D eigenvalue weighted by atomic mass is 31.2. The van der Waals surface area contributed by atoms with Crippen LogP contribution in [-0.4, -0.2) is 19.1 Å². The van der Waals surface area contributed by atoms with Gasteiger partial charge in [-0.25, -0.2) is 0 Å². The fourth-order valence-electron chi connectivity index (χ4n) is 1.67. The van der Waals surface area contributed by atoms with Crippen LogP contribution in [0, 0.1) is 0 Å². The van der Waals surface area contributed by atoms with Gasteiger partial charge in [0, 0.05) is 0 Å². The summed E-state index contributed by atoms with van der Waals surface area (Å²) in [7, 11) is 0. The van der Waals surface area contributed by atoms with Crippen molar-refractivity contribution in [1.82, 2.24) is 0 Å². The number of fused-ring (bicyclic) bond motifs is 1. The summed E-state index contributed by atoms with van der Waals surface area (Å²) < 4.78 is 0. The van der Waals surface area contributed by atoms with E-state index >= 15 is 0 Å². The van der Waals surface area contributed by atoms with Gasteiger partial charge in [0.15, 0.2) is 0 Å². The van der Waals surface area contributed by atoms with Crippen molar-refractivity contribution in [1.29, 1.82) is 0 Å². The molecule has 0 aromatic heterocycles. The molecule has 0 bridgehead atoms. The summed E-state index contributed by atoms with van der Waals surface area (Å²) in [5.74, 6) is 2.47. The van der Waals surface area contributed by atoms with Gasteiger partial charge in [-0.2, -0.15) is 0 Å². The number of rotatable bonds is 0. The molecule has 11 heavy (non-hydrogen) atoms. The molecule has 0 aliphatic carbocycles. The third-order valence-electron chi connectivity index (χ3n) is 2.12. The summed E-state index contributed by atoms with van der Waals surface area (Å²) in [5, 5.41) is 0. The average molecular weight is 164 g/mol. The molecule has 0 amide bonds. The standard InChI is InChI=1S/C10H13P/c1-11(2)7-9-5-3-4-6-10(9)8-11/h3-7H,8H2,1-2H3. The molecular weight excluding hydrogens is 151 g/mol. The maximum Gasteiger partial charge on any atom is -0.00728 e. The number of hydrogen-bond donors (Lipinski definition) is 0. The third-order valence-corrected chi connectivity index (χ3v) is 4.25. The van der Waals surface area contributed by atoms with E-state index in [1.165, 1.54) is 11.7 Å². The molecule has 1 aliphatic heterocycles. The minimum atomic E-state index is -0.700. The summed E-state index contributed by atoms with van der Waals surface area (Å²) in [6.45, 7) is 4.09. The van der Waals surface area contributed by atoms with Gasteiger partial charge < -0.3 is 0 Å². The Balaban J connectivity index is 2.56. The van der Waals surface area contributed by atoms with Crippen LogP contribution in [0.5, 0.6) is 0 Å². The van der Waals surface area contributed by atoms with E-state index in [1.54, 1.807) is 5.56 Å². The van der Waals surface area contributed by atoms with Crippen molar-refractivity contribution in [3.05, 3.63) is 35.4 Å². The fraction of sp³-hybridized carbons (Fsp3) is 0.300. The Kier molecular flexibility index (Phi) is 1.47. The van der Waals surface area contributed by atoms with Crippen LogP contribution >= 0.6 is 6.89 Å². The van der Waals surface area contributed by atoms with Crippen LogP contribution < -0.4 is 0 Å². The quantitative estimate of drug-likeness (QED) is 0.517. The van der Waals surface area contributed by atoms with Crippen LogP contribution in [0.1, 0.15) is 11.1 Å². The first kappa shape index (κ1) is 7.18. The fourth-order valence-corrected chi connectivity index (χ4v) is 3.93. The van der Waals surface area contributed by atoms with Crippen molar-refractivity contribution in [3.8, 4) is 0 Å². The van der Waals surface area contributed by atoms with Crippen molar-refractivity contribution in [3.63, 3.8) is 0 Å². The second kappa shape index (κ2) is 2.25. The molecule has 0 atom stereocenters. The minimum absolute atomic E-state index is 0.700. The third kappa shape index (κ3) is 1.28. The SMILES string of the molecule is CP1(C)=Cc2ccccc2C1. The van der Waals surface area contributed by atoms with Crippen LogP contribution in [-0.2, 0) is 6.16 Å². The minimum Gasteiger partial charge on any atom is -0.106 e. The predicted molar refractivity (Wildman–Crippen MR) is 54.1 cm³/mol. The summed E-state index contributed by atoms with van der Waals surface area (Å²) >= 11 is 0. The second-order valence-electron chi connectivity index (χ2n) is 3.76. The number of hydrogen-bond acceptors (Lipinski definition) is 0. The molecule has 1 aromatic carbocycles. The molecule has 1 heteroatoms. The zero-order valence-electron chi connectivity index (χ0n) is 7.04. The monoisotopic (exact) mass is 164 g/mol. The van der Waals surface area contributed by atoms with Crippen LogP contribution in [0.25, 0.3) is 0 Å². The number of benzene rings is 1. The molecule has 0 saturated carbocycles. The van der Waals surface area contributed by atoms with E-state index in [0.29, 0.717) is 0 Å². The van der Waals surface area contributed by atoms with E-state index in [2.05, 4.69) is 43.4 Å². The molecule has 1 heterocycles. The Labute approximate surface area is 68.2 Å². The van der Waals surface area contributed by atoms with Crippen molar-refractivity contribution >= 4 is 12.7 Å². The highest BCUT2D eigenvalue weighted by Gasteiger charge is 2.14. The Morgan fingerprint density at radius 3 is 2.64 bits per heavy atom. The maximum absolute atomic E-state index is 2.47. The lowest BCUT2D eigenvalue weighted by molar-refractivity contribution is 1.40. The first-order chi connectivity index (χ1) is 5.17. The van der Waals surface area contributed by atoms with E-state index in [1.807, 2.05) is 0 Å². The first-order valence-corrected chi connectivity index (χ1v) is 6.88. The zero-order chi connectivity index (χ0) is 7.90. The van der Waals surface area contributed by atoms with E-state index in [-0.39, 0.29) is 0 Å². The lowest BCUT2D eigenvalue weighted by atomic mass is 10.1. The molecule has 0 nitrogen and oxygen atoms in total. The van der Waals surface area contributed by atoms with Gasteiger partial charge in [-0.15, -0.1) is 6.89 Å². The molecule has 0 unspecified atom stereocenters. The molecular formula is C10H13P. The van der Waals surface area contributed by atoms with Crippen LogP contribution in [0.3, 0.4) is 0 Å². The van der Waals surface area contributed by atoms with Gasteiger partial charge >= 0.3 is 0 Å². The topological polar surface area (TPSA) is 0 Å². The second-order valence-corrected chi connectivity index (χ2v) is 7.90. The van der Waals surface area contributed by atoms with Gasteiger partial charge in [0.05, 0.1) is 0 Å². The van der Waals surface area contributed by atoms with Crippen LogP contribution in [0.4, 0.5) is 0 Å². The van der Waals surface area contributed by atoms with Gasteiger partial charge in [-0.1, -0.05) is 30.1 Å². The maximum atomic E-state index is 2.47. The van der Waals surface area contributed by atoms with Gasteiger partial charge in [0.1, 0.15) is 0 Å². The van der Waals surface area contributed by atoms with Crippen LogP contribution in [0.15, 0.2) is 24.3 Å². The molecule has 1 aliphatic rings. The average Bonchev–Trinajstić information content (AvgIpc) is 2.21. The van der Waals surface area contributed by atoms with Crippen molar-refractivity contribution in [2.75, 3.05) is 13.3 Å².